The van der Waals surface area contributed by atoms with Gasteiger partial charge in [-0.05, 0) is 58.0 Å². The zero-order valence-electron chi connectivity index (χ0n) is 16.0. The monoisotopic (exact) mass is 370 g/mol. The van der Waals surface area contributed by atoms with Crippen LogP contribution in [0, 0.1) is 11.7 Å². The number of nitrogens with one attached hydrogen (secondary N) is 1. The number of hydrogen-bond acceptors (Lipinski definition) is 3. The Kier molecular flexibility index (Phi) is 6.45. The van der Waals surface area contributed by atoms with Gasteiger partial charge in [0.05, 0.1) is 11.8 Å². The lowest BCUT2D eigenvalue weighted by Crippen LogP contribution is -2.38. The molecule has 1 aliphatic heterocycles. The van der Waals surface area contributed by atoms with Crippen LogP contribution < -0.4 is 10.1 Å². The third kappa shape index (κ3) is 5.30. The normalized spacial score (nSPS) is 15.7. The Hall–Kier alpha value is -2.40. The number of para-hydroxylation sites is 2. The summed E-state index contributed by atoms with van der Waals surface area (Å²) in [4.78, 5) is 14.9. The van der Waals surface area contributed by atoms with Gasteiger partial charge in [0, 0.05) is 18.0 Å². The van der Waals surface area contributed by atoms with Crippen molar-refractivity contribution in [1.29, 1.82) is 0 Å². The first-order valence-corrected chi connectivity index (χ1v) is 9.55. The summed E-state index contributed by atoms with van der Waals surface area (Å²) in [5, 5.41) is 3.02. The molecule has 0 aromatic heterocycles. The summed E-state index contributed by atoms with van der Waals surface area (Å²) in [6, 6.07) is 14.4. The third-order valence-electron chi connectivity index (χ3n) is 4.82. The highest BCUT2D eigenvalue weighted by molar-refractivity contribution is 5.94. The number of piperidine rings is 1. The van der Waals surface area contributed by atoms with Crippen LogP contribution in [0.1, 0.15) is 32.3 Å². The lowest BCUT2D eigenvalue weighted by atomic mass is 9.95. The van der Waals surface area contributed by atoms with Gasteiger partial charge in [-0.3, -0.25) is 9.69 Å². The van der Waals surface area contributed by atoms with Gasteiger partial charge in [-0.1, -0.05) is 30.3 Å². The van der Waals surface area contributed by atoms with Gasteiger partial charge in [0.1, 0.15) is 11.6 Å². The molecule has 0 radical (unpaired) electrons. The van der Waals surface area contributed by atoms with Crippen LogP contribution in [-0.2, 0) is 11.3 Å². The van der Waals surface area contributed by atoms with Gasteiger partial charge in [-0.2, -0.15) is 0 Å². The Morgan fingerprint density at radius 3 is 2.52 bits per heavy atom. The van der Waals surface area contributed by atoms with Crippen molar-refractivity contribution < 1.29 is 13.9 Å². The van der Waals surface area contributed by atoms with Gasteiger partial charge in [0.2, 0.25) is 5.91 Å². The van der Waals surface area contributed by atoms with Gasteiger partial charge in [-0.15, -0.1) is 0 Å². The van der Waals surface area contributed by atoms with Crippen LogP contribution in [0.2, 0.25) is 0 Å². The van der Waals surface area contributed by atoms with E-state index >= 15 is 0 Å². The molecule has 5 heteroatoms. The molecule has 0 atom stereocenters. The fraction of sp³-hybridized carbons (Fsp3) is 0.409. The minimum atomic E-state index is -0.167. The van der Waals surface area contributed by atoms with E-state index in [-0.39, 0.29) is 23.7 Å². The van der Waals surface area contributed by atoms with Gasteiger partial charge in [-0.25, -0.2) is 4.39 Å². The zero-order valence-corrected chi connectivity index (χ0v) is 16.0. The number of nitrogens with zero attached hydrogens (tertiary/aromatic N) is 1. The van der Waals surface area contributed by atoms with E-state index in [1.807, 2.05) is 50.2 Å². The average Bonchev–Trinajstić information content (AvgIpc) is 2.65. The van der Waals surface area contributed by atoms with E-state index in [9.17, 15) is 9.18 Å². The predicted octanol–water partition coefficient (Wildman–Crippen LogP) is 4.46. The number of rotatable bonds is 6. The van der Waals surface area contributed by atoms with Crippen molar-refractivity contribution in [2.45, 2.75) is 39.3 Å². The first-order chi connectivity index (χ1) is 13.0. The van der Waals surface area contributed by atoms with Crippen LogP contribution in [-0.4, -0.2) is 30.0 Å². The third-order valence-corrected chi connectivity index (χ3v) is 4.82. The fourth-order valence-electron chi connectivity index (χ4n) is 3.38. The molecule has 1 heterocycles. The van der Waals surface area contributed by atoms with Crippen molar-refractivity contribution >= 4 is 11.6 Å². The minimum Gasteiger partial charge on any atom is -0.489 e. The van der Waals surface area contributed by atoms with Crippen LogP contribution in [0.3, 0.4) is 0 Å². The molecule has 1 amide bonds. The molecule has 4 nitrogen and oxygen atoms in total. The van der Waals surface area contributed by atoms with E-state index in [0.29, 0.717) is 23.5 Å². The molecular weight excluding hydrogens is 343 g/mol. The standard InChI is InChI=1S/C22H27FN2O2/c1-16(2)27-21-10-6-5-9-20(21)24-22(26)17-11-13-25(14-12-17)15-18-7-3-4-8-19(18)23/h3-10,16-17H,11-15H2,1-2H3,(H,24,26). The lowest BCUT2D eigenvalue weighted by molar-refractivity contribution is -0.121. The van der Waals surface area contributed by atoms with E-state index in [1.54, 1.807) is 6.07 Å². The highest BCUT2D eigenvalue weighted by Crippen LogP contribution is 2.27. The van der Waals surface area contributed by atoms with E-state index in [2.05, 4.69) is 10.2 Å². The Morgan fingerprint density at radius 1 is 1.15 bits per heavy atom. The second kappa shape index (κ2) is 9.00. The smallest absolute Gasteiger partial charge is 0.227 e. The molecule has 0 unspecified atom stereocenters. The number of amides is 1. The maximum Gasteiger partial charge on any atom is 0.227 e. The molecule has 1 fully saturated rings. The summed E-state index contributed by atoms with van der Waals surface area (Å²) in [5.74, 6) is 0.520. The molecule has 0 aliphatic carbocycles. The van der Waals surface area contributed by atoms with Crippen molar-refractivity contribution in [1.82, 2.24) is 4.90 Å². The largest absolute Gasteiger partial charge is 0.489 e. The van der Waals surface area contributed by atoms with Gasteiger partial charge < -0.3 is 10.1 Å². The maximum absolute atomic E-state index is 13.8. The van der Waals surface area contributed by atoms with E-state index in [0.717, 1.165) is 25.9 Å². The van der Waals surface area contributed by atoms with Crippen molar-refractivity contribution in [3.8, 4) is 5.75 Å². The summed E-state index contributed by atoms with van der Waals surface area (Å²) < 4.78 is 19.6. The van der Waals surface area contributed by atoms with Crippen LogP contribution in [0.15, 0.2) is 48.5 Å². The molecule has 2 aromatic carbocycles. The molecule has 1 saturated heterocycles. The van der Waals surface area contributed by atoms with E-state index in [1.165, 1.54) is 6.07 Å². The Morgan fingerprint density at radius 2 is 1.81 bits per heavy atom. The predicted molar refractivity (Wildman–Crippen MR) is 105 cm³/mol. The number of benzene rings is 2. The number of anilines is 1. The molecule has 27 heavy (non-hydrogen) atoms. The highest BCUT2D eigenvalue weighted by atomic mass is 19.1. The summed E-state index contributed by atoms with van der Waals surface area (Å²) in [6.07, 6.45) is 1.59. The Bertz CT molecular complexity index is 770. The average molecular weight is 370 g/mol. The van der Waals surface area contributed by atoms with Crippen molar-refractivity contribution in [2.24, 2.45) is 5.92 Å². The number of halogens is 1. The SMILES string of the molecule is CC(C)Oc1ccccc1NC(=O)C1CCN(Cc2ccccc2F)CC1. The van der Waals surface area contributed by atoms with E-state index in [4.69, 9.17) is 4.74 Å². The van der Waals surface area contributed by atoms with Gasteiger partial charge in [0.15, 0.2) is 0 Å². The maximum atomic E-state index is 13.8. The van der Waals surface area contributed by atoms with Crippen LogP contribution in [0.4, 0.5) is 10.1 Å². The molecule has 144 valence electrons. The first-order valence-electron chi connectivity index (χ1n) is 9.55. The molecule has 1 aliphatic rings. The summed E-state index contributed by atoms with van der Waals surface area (Å²) in [6.45, 7) is 6.09. The molecule has 0 spiro atoms. The second-order valence-corrected chi connectivity index (χ2v) is 7.29. The number of ether oxygens (including phenoxy) is 1. The highest BCUT2D eigenvalue weighted by Gasteiger charge is 2.26. The van der Waals surface area contributed by atoms with E-state index < -0.39 is 0 Å². The second-order valence-electron chi connectivity index (χ2n) is 7.29. The summed E-state index contributed by atoms with van der Waals surface area (Å²) in [7, 11) is 0. The number of likely N-dealkylation sites (tertiary alicyclic amines) is 1. The van der Waals surface area contributed by atoms with Crippen LogP contribution >= 0.6 is 0 Å². The van der Waals surface area contributed by atoms with Crippen molar-refractivity contribution in [3.63, 3.8) is 0 Å². The number of hydrogen-bond donors (Lipinski definition) is 1. The van der Waals surface area contributed by atoms with Crippen LogP contribution in [0.25, 0.3) is 0 Å². The number of carbonyl (C=O) groups excluding carboxylic acids is 1. The fourth-order valence-corrected chi connectivity index (χ4v) is 3.38. The molecule has 0 bridgehead atoms. The molecule has 1 N–H and O–H groups in total. The lowest BCUT2D eigenvalue weighted by Gasteiger charge is -2.31. The van der Waals surface area contributed by atoms with Gasteiger partial charge in [0.25, 0.3) is 0 Å². The molecular formula is C22H27FN2O2. The van der Waals surface area contributed by atoms with Crippen LogP contribution in [0.5, 0.6) is 5.75 Å². The Labute approximate surface area is 160 Å². The van der Waals surface area contributed by atoms with Gasteiger partial charge >= 0.3 is 0 Å². The summed E-state index contributed by atoms with van der Waals surface area (Å²) >= 11 is 0. The molecule has 2 aromatic rings. The van der Waals surface area contributed by atoms with Crippen molar-refractivity contribution in [3.05, 3.63) is 59.9 Å². The Balaban J connectivity index is 1.54. The molecule has 0 saturated carbocycles. The quantitative estimate of drug-likeness (QED) is 0.816. The number of carbonyl (C=O) groups is 1. The summed E-state index contributed by atoms with van der Waals surface area (Å²) in [5.41, 5.74) is 1.42. The minimum absolute atomic E-state index is 0.0281. The first kappa shape index (κ1) is 19.4. The topological polar surface area (TPSA) is 41.6 Å². The molecule has 3 rings (SSSR count). The zero-order chi connectivity index (χ0) is 19.2. The van der Waals surface area contributed by atoms with Crippen molar-refractivity contribution in [2.75, 3.05) is 18.4 Å².